The van der Waals surface area contributed by atoms with Crippen LogP contribution < -0.4 is 16.4 Å². The second kappa shape index (κ2) is 5.23. The zero-order valence-electron chi connectivity index (χ0n) is 11.0. The molecule has 1 saturated carbocycles. The molecule has 0 unspecified atom stereocenters. The Balaban J connectivity index is 1.69. The summed E-state index contributed by atoms with van der Waals surface area (Å²) in [5, 5.41) is 12.2. The van der Waals surface area contributed by atoms with Gasteiger partial charge in [0.2, 0.25) is 17.4 Å². The number of hydrogen-bond acceptors (Lipinski definition) is 6. The van der Waals surface area contributed by atoms with Gasteiger partial charge in [-0.3, -0.25) is 9.59 Å². The van der Waals surface area contributed by atoms with Crippen molar-refractivity contribution in [2.24, 2.45) is 5.92 Å². The maximum Gasteiger partial charge on any atom is 0.281 e. The van der Waals surface area contributed by atoms with E-state index in [1.807, 2.05) is 0 Å². The number of nitrogens with two attached hydrogens (primary N) is 1. The van der Waals surface area contributed by atoms with E-state index < -0.39 is 5.91 Å². The summed E-state index contributed by atoms with van der Waals surface area (Å²) >= 11 is 0. The van der Waals surface area contributed by atoms with Crippen molar-refractivity contribution in [3.05, 3.63) is 30.0 Å². The molecule has 0 spiro atoms. The van der Waals surface area contributed by atoms with E-state index in [0.717, 1.165) is 12.8 Å². The quantitative estimate of drug-likeness (QED) is 0.777. The van der Waals surface area contributed by atoms with E-state index in [-0.39, 0.29) is 23.3 Å². The first-order valence-electron chi connectivity index (χ1n) is 6.44. The van der Waals surface area contributed by atoms with Crippen molar-refractivity contribution in [1.29, 1.82) is 0 Å². The Morgan fingerprint density at radius 2 is 1.90 bits per heavy atom. The number of nitrogen functional groups attached to an aromatic ring is 1. The highest BCUT2D eigenvalue weighted by atomic mass is 16.6. The lowest BCUT2D eigenvalue weighted by Crippen LogP contribution is -2.15. The van der Waals surface area contributed by atoms with Gasteiger partial charge in [-0.25, -0.2) is 4.63 Å². The van der Waals surface area contributed by atoms with E-state index in [4.69, 9.17) is 5.73 Å². The summed E-state index contributed by atoms with van der Waals surface area (Å²) in [4.78, 5) is 23.6. The van der Waals surface area contributed by atoms with Crippen molar-refractivity contribution in [2.45, 2.75) is 12.8 Å². The first kappa shape index (κ1) is 13.1. The highest BCUT2D eigenvalue weighted by molar-refractivity contribution is 6.05. The molecule has 4 N–H and O–H groups in total. The van der Waals surface area contributed by atoms with Gasteiger partial charge >= 0.3 is 0 Å². The number of aromatic nitrogens is 2. The summed E-state index contributed by atoms with van der Waals surface area (Å²) in [6.07, 6.45) is 1.86. The number of carbonyl (C=O) groups excluding carboxylic acids is 2. The second-order valence-electron chi connectivity index (χ2n) is 4.80. The minimum Gasteiger partial charge on any atom is -0.379 e. The monoisotopic (exact) mass is 287 g/mol. The molecule has 8 nitrogen and oxygen atoms in total. The van der Waals surface area contributed by atoms with Gasteiger partial charge in [-0.15, -0.1) is 0 Å². The van der Waals surface area contributed by atoms with Crippen LogP contribution in [0, 0.1) is 5.92 Å². The van der Waals surface area contributed by atoms with Crippen LogP contribution in [0.3, 0.4) is 0 Å². The van der Waals surface area contributed by atoms with Crippen LogP contribution in [0.25, 0.3) is 0 Å². The normalized spacial score (nSPS) is 13.7. The number of amides is 2. The lowest BCUT2D eigenvalue weighted by molar-refractivity contribution is -0.117. The molecule has 0 aliphatic heterocycles. The largest absolute Gasteiger partial charge is 0.379 e. The van der Waals surface area contributed by atoms with Gasteiger partial charge in [-0.1, -0.05) is 6.07 Å². The standard InChI is InChI=1S/C13H13N5O3/c14-11-10(17-21-18-11)13(20)16-9-3-1-2-8(6-9)15-12(19)7-4-5-7/h1-3,6-7H,4-5H2,(H2,14,18)(H,15,19)(H,16,20). The van der Waals surface area contributed by atoms with Gasteiger partial charge in [-0.2, -0.15) is 0 Å². The molecular formula is C13H13N5O3. The molecule has 0 atom stereocenters. The van der Waals surface area contributed by atoms with Crippen LogP contribution in [0.5, 0.6) is 0 Å². The number of hydrogen-bond donors (Lipinski definition) is 3. The van der Waals surface area contributed by atoms with Crippen LogP contribution in [0.2, 0.25) is 0 Å². The molecule has 2 amide bonds. The van der Waals surface area contributed by atoms with Crippen LogP contribution in [0.4, 0.5) is 17.2 Å². The summed E-state index contributed by atoms with van der Waals surface area (Å²) in [5.74, 6) is -0.488. The predicted octanol–water partition coefficient (Wildman–Crippen LogP) is 1.25. The van der Waals surface area contributed by atoms with E-state index in [2.05, 4.69) is 25.6 Å². The average molecular weight is 287 g/mol. The minimum atomic E-state index is -0.528. The lowest BCUT2D eigenvalue weighted by atomic mass is 10.2. The predicted molar refractivity (Wildman–Crippen MR) is 74.5 cm³/mol. The topological polar surface area (TPSA) is 123 Å². The Labute approximate surface area is 119 Å². The Morgan fingerprint density at radius 3 is 2.52 bits per heavy atom. The third kappa shape index (κ3) is 2.99. The minimum absolute atomic E-state index is 0.00317. The zero-order chi connectivity index (χ0) is 14.8. The molecule has 1 aromatic carbocycles. The fourth-order valence-corrected chi connectivity index (χ4v) is 1.81. The molecule has 0 saturated heterocycles. The third-order valence-corrected chi connectivity index (χ3v) is 3.07. The van der Waals surface area contributed by atoms with E-state index in [1.54, 1.807) is 24.3 Å². The van der Waals surface area contributed by atoms with Crippen molar-refractivity contribution in [3.63, 3.8) is 0 Å². The summed E-state index contributed by atoms with van der Waals surface area (Å²) in [6.45, 7) is 0. The van der Waals surface area contributed by atoms with Gasteiger partial charge in [0.25, 0.3) is 5.91 Å². The molecule has 108 valence electrons. The van der Waals surface area contributed by atoms with Crippen molar-refractivity contribution in [2.75, 3.05) is 16.4 Å². The third-order valence-electron chi connectivity index (χ3n) is 3.07. The van der Waals surface area contributed by atoms with Crippen LogP contribution in [-0.4, -0.2) is 22.1 Å². The van der Waals surface area contributed by atoms with Crippen LogP contribution >= 0.6 is 0 Å². The van der Waals surface area contributed by atoms with Crippen LogP contribution in [0.15, 0.2) is 28.9 Å². The van der Waals surface area contributed by atoms with Crippen LogP contribution in [-0.2, 0) is 4.79 Å². The molecule has 0 radical (unpaired) electrons. The molecule has 1 heterocycles. The number of carbonyl (C=O) groups is 2. The summed E-state index contributed by atoms with van der Waals surface area (Å²) in [5.41, 5.74) is 6.50. The number of benzene rings is 1. The van der Waals surface area contributed by atoms with Gasteiger partial charge in [0.1, 0.15) is 0 Å². The second-order valence-corrected chi connectivity index (χ2v) is 4.80. The van der Waals surface area contributed by atoms with Crippen molar-refractivity contribution >= 4 is 29.0 Å². The highest BCUT2D eigenvalue weighted by Gasteiger charge is 2.29. The smallest absolute Gasteiger partial charge is 0.281 e. The Bertz CT molecular complexity index is 693. The molecule has 3 rings (SSSR count). The van der Waals surface area contributed by atoms with Crippen molar-refractivity contribution < 1.29 is 14.2 Å². The molecular weight excluding hydrogens is 274 g/mol. The Hall–Kier alpha value is -2.90. The summed E-state index contributed by atoms with van der Waals surface area (Å²) in [6, 6.07) is 6.82. The lowest BCUT2D eigenvalue weighted by Gasteiger charge is -2.07. The average Bonchev–Trinajstić information content (AvgIpc) is 3.21. The van der Waals surface area contributed by atoms with Gasteiger partial charge in [0.05, 0.1) is 0 Å². The van der Waals surface area contributed by atoms with E-state index in [9.17, 15) is 9.59 Å². The fourth-order valence-electron chi connectivity index (χ4n) is 1.81. The number of rotatable bonds is 4. The first-order chi connectivity index (χ1) is 10.1. The van der Waals surface area contributed by atoms with Gasteiger partial charge < -0.3 is 16.4 Å². The molecule has 21 heavy (non-hydrogen) atoms. The van der Waals surface area contributed by atoms with Crippen molar-refractivity contribution in [1.82, 2.24) is 10.3 Å². The van der Waals surface area contributed by atoms with Gasteiger partial charge in [0, 0.05) is 17.3 Å². The number of nitrogens with one attached hydrogen (secondary N) is 2. The van der Waals surface area contributed by atoms with Gasteiger partial charge in [-0.05, 0) is 41.4 Å². The molecule has 8 heteroatoms. The fraction of sp³-hybridized carbons (Fsp3) is 0.231. The van der Waals surface area contributed by atoms with Gasteiger partial charge in [0.15, 0.2) is 0 Å². The molecule has 0 bridgehead atoms. The van der Waals surface area contributed by atoms with Crippen LogP contribution in [0.1, 0.15) is 23.3 Å². The Morgan fingerprint density at radius 1 is 1.19 bits per heavy atom. The maximum absolute atomic E-state index is 11.9. The zero-order valence-corrected chi connectivity index (χ0v) is 11.0. The molecule has 1 aromatic heterocycles. The van der Waals surface area contributed by atoms with E-state index in [0.29, 0.717) is 11.4 Å². The molecule has 2 aromatic rings. The summed E-state index contributed by atoms with van der Waals surface area (Å²) < 4.78 is 4.37. The summed E-state index contributed by atoms with van der Waals surface area (Å²) in [7, 11) is 0. The van der Waals surface area contributed by atoms with Crippen molar-refractivity contribution in [3.8, 4) is 0 Å². The SMILES string of the molecule is Nc1nonc1C(=O)Nc1cccc(NC(=O)C2CC2)c1. The Kier molecular flexibility index (Phi) is 3.27. The molecule has 1 fully saturated rings. The first-order valence-corrected chi connectivity index (χ1v) is 6.44. The molecule has 1 aliphatic rings. The van der Waals surface area contributed by atoms with E-state index >= 15 is 0 Å². The maximum atomic E-state index is 11.9. The number of nitrogens with zero attached hydrogens (tertiary/aromatic N) is 2. The highest BCUT2D eigenvalue weighted by Crippen LogP contribution is 2.30. The van der Waals surface area contributed by atoms with E-state index in [1.165, 1.54) is 0 Å². The number of anilines is 3. The molecule has 1 aliphatic carbocycles.